The van der Waals surface area contributed by atoms with E-state index in [-0.39, 0.29) is 5.91 Å². The van der Waals surface area contributed by atoms with E-state index in [0.717, 1.165) is 35.9 Å². The van der Waals surface area contributed by atoms with Crippen LogP contribution in [-0.2, 0) is 24.9 Å². The van der Waals surface area contributed by atoms with Crippen LogP contribution in [0.25, 0.3) is 0 Å². The monoisotopic (exact) mass is 318 g/mol. The summed E-state index contributed by atoms with van der Waals surface area (Å²) in [6, 6.07) is 7.66. The third-order valence-corrected chi connectivity index (χ3v) is 4.24. The van der Waals surface area contributed by atoms with Crippen molar-refractivity contribution in [1.82, 2.24) is 19.4 Å². The maximum Gasteiger partial charge on any atom is 0.237 e. The normalized spacial score (nSPS) is 16.3. The van der Waals surface area contributed by atoms with Gasteiger partial charge in [-0.3, -0.25) is 9.69 Å². The molecule has 1 aromatic heterocycles. The second kappa shape index (κ2) is 6.50. The summed E-state index contributed by atoms with van der Waals surface area (Å²) in [5.41, 5.74) is 2.23. The number of aryl methyl sites for hydroxylation is 1. The van der Waals surface area contributed by atoms with Gasteiger partial charge in [0, 0.05) is 44.4 Å². The highest BCUT2D eigenvalue weighted by Crippen LogP contribution is 2.14. The predicted octanol–water partition coefficient (Wildman–Crippen LogP) is 1.92. The number of benzene rings is 1. The number of piperazine rings is 1. The van der Waals surface area contributed by atoms with Gasteiger partial charge in [0.15, 0.2) is 0 Å². The number of hydrogen-bond donors (Lipinski definition) is 0. The standard InChI is InChI=1S/C16H19ClN4O/c1-19-12-18-8-15(19)10-20-6-7-21(16(22)11-20)9-13-2-4-14(17)5-3-13/h2-5,8,12H,6-7,9-11H2,1H3. The Balaban J connectivity index is 1.57. The fourth-order valence-electron chi connectivity index (χ4n) is 2.64. The van der Waals surface area contributed by atoms with Crippen LogP contribution in [0.4, 0.5) is 0 Å². The van der Waals surface area contributed by atoms with Crippen molar-refractivity contribution in [2.24, 2.45) is 7.05 Å². The smallest absolute Gasteiger partial charge is 0.237 e. The first-order valence-electron chi connectivity index (χ1n) is 7.31. The minimum absolute atomic E-state index is 0.170. The zero-order valence-electron chi connectivity index (χ0n) is 12.6. The van der Waals surface area contributed by atoms with E-state index in [1.54, 1.807) is 6.33 Å². The van der Waals surface area contributed by atoms with Crippen LogP contribution < -0.4 is 0 Å². The van der Waals surface area contributed by atoms with E-state index >= 15 is 0 Å². The van der Waals surface area contributed by atoms with Crippen molar-refractivity contribution >= 4 is 17.5 Å². The first-order chi connectivity index (χ1) is 10.6. The Kier molecular flexibility index (Phi) is 4.45. The first-order valence-corrected chi connectivity index (χ1v) is 7.69. The van der Waals surface area contributed by atoms with E-state index in [0.29, 0.717) is 13.1 Å². The van der Waals surface area contributed by atoms with E-state index in [9.17, 15) is 4.79 Å². The molecule has 0 saturated carbocycles. The lowest BCUT2D eigenvalue weighted by Gasteiger charge is -2.34. The predicted molar refractivity (Wildman–Crippen MR) is 85.4 cm³/mol. The summed E-state index contributed by atoms with van der Waals surface area (Å²) >= 11 is 5.89. The van der Waals surface area contributed by atoms with Crippen LogP contribution in [0.5, 0.6) is 0 Å². The molecule has 1 saturated heterocycles. The molecule has 116 valence electrons. The molecule has 2 heterocycles. The Morgan fingerprint density at radius 2 is 1.95 bits per heavy atom. The van der Waals surface area contributed by atoms with Crippen molar-refractivity contribution in [2.45, 2.75) is 13.1 Å². The number of halogens is 1. The molecule has 3 rings (SSSR count). The molecule has 2 aromatic rings. The van der Waals surface area contributed by atoms with Crippen LogP contribution in [0.3, 0.4) is 0 Å². The molecule has 0 aliphatic carbocycles. The number of rotatable bonds is 4. The van der Waals surface area contributed by atoms with Crippen LogP contribution in [-0.4, -0.2) is 44.9 Å². The van der Waals surface area contributed by atoms with Crippen LogP contribution in [0.1, 0.15) is 11.3 Å². The summed E-state index contributed by atoms with van der Waals surface area (Å²) in [6.45, 7) is 3.50. The maximum absolute atomic E-state index is 12.3. The molecule has 22 heavy (non-hydrogen) atoms. The quantitative estimate of drug-likeness (QED) is 0.865. The molecule has 6 heteroatoms. The van der Waals surface area contributed by atoms with Crippen LogP contribution in [0.15, 0.2) is 36.8 Å². The first kappa shape index (κ1) is 15.1. The van der Waals surface area contributed by atoms with Crippen LogP contribution in [0, 0.1) is 0 Å². The molecule has 1 amide bonds. The lowest BCUT2D eigenvalue weighted by Crippen LogP contribution is -2.49. The summed E-state index contributed by atoms with van der Waals surface area (Å²) in [6.07, 6.45) is 3.64. The Labute approximate surface area is 135 Å². The molecule has 0 bridgehead atoms. The van der Waals surface area contributed by atoms with E-state index in [1.807, 2.05) is 47.0 Å². The summed E-state index contributed by atoms with van der Waals surface area (Å²) in [4.78, 5) is 20.5. The average molecular weight is 319 g/mol. The number of carbonyl (C=O) groups excluding carboxylic acids is 1. The maximum atomic E-state index is 12.3. The fourth-order valence-corrected chi connectivity index (χ4v) is 2.76. The molecular weight excluding hydrogens is 300 g/mol. The van der Waals surface area contributed by atoms with Crippen molar-refractivity contribution in [3.8, 4) is 0 Å². The van der Waals surface area contributed by atoms with Crippen LogP contribution >= 0.6 is 11.6 Å². The number of imidazole rings is 1. The number of hydrogen-bond acceptors (Lipinski definition) is 3. The fraction of sp³-hybridized carbons (Fsp3) is 0.375. The highest BCUT2D eigenvalue weighted by Gasteiger charge is 2.24. The zero-order chi connectivity index (χ0) is 15.5. The van der Waals surface area contributed by atoms with Crippen molar-refractivity contribution in [2.75, 3.05) is 19.6 Å². The van der Waals surface area contributed by atoms with Gasteiger partial charge < -0.3 is 9.47 Å². The topological polar surface area (TPSA) is 41.4 Å². The minimum Gasteiger partial charge on any atom is -0.337 e. The molecule has 0 spiro atoms. The molecular formula is C16H19ClN4O. The molecule has 1 aliphatic heterocycles. The zero-order valence-corrected chi connectivity index (χ0v) is 13.3. The van der Waals surface area contributed by atoms with Crippen molar-refractivity contribution in [3.05, 3.63) is 53.1 Å². The van der Waals surface area contributed by atoms with Gasteiger partial charge in [0.1, 0.15) is 0 Å². The lowest BCUT2D eigenvalue weighted by atomic mass is 10.2. The molecule has 0 atom stereocenters. The van der Waals surface area contributed by atoms with Gasteiger partial charge in [-0.15, -0.1) is 0 Å². The van der Waals surface area contributed by atoms with Gasteiger partial charge in [-0.25, -0.2) is 4.98 Å². The van der Waals surface area contributed by atoms with E-state index in [1.165, 1.54) is 0 Å². The van der Waals surface area contributed by atoms with Crippen molar-refractivity contribution in [3.63, 3.8) is 0 Å². The Bertz CT molecular complexity index is 652. The number of amides is 1. The lowest BCUT2D eigenvalue weighted by molar-refractivity contribution is -0.136. The molecule has 0 unspecified atom stereocenters. The van der Waals surface area contributed by atoms with Gasteiger partial charge in [0.25, 0.3) is 0 Å². The Morgan fingerprint density at radius 1 is 1.18 bits per heavy atom. The Morgan fingerprint density at radius 3 is 2.59 bits per heavy atom. The third-order valence-electron chi connectivity index (χ3n) is 3.99. The molecule has 0 radical (unpaired) electrons. The molecule has 1 aromatic carbocycles. The second-order valence-electron chi connectivity index (χ2n) is 5.65. The largest absolute Gasteiger partial charge is 0.337 e. The molecule has 1 fully saturated rings. The highest BCUT2D eigenvalue weighted by atomic mass is 35.5. The number of nitrogens with zero attached hydrogens (tertiary/aromatic N) is 4. The number of aromatic nitrogens is 2. The van der Waals surface area contributed by atoms with Crippen molar-refractivity contribution in [1.29, 1.82) is 0 Å². The van der Waals surface area contributed by atoms with Gasteiger partial charge in [0.2, 0.25) is 5.91 Å². The summed E-state index contributed by atoms with van der Waals surface area (Å²) in [5.74, 6) is 0.170. The van der Waals surface area contributed by atoms with Crippen molar-refractivity contribution < 1.29 is 4.79 Å². The van der Waals surface area contributed by atoms with E-state index < -0.39 is 0 Å². The number of carbonyl (C=O) groups is 1. The molecule has 5 nitrogen and oxygen atoms in total. The molecule has 0 N–H and O–H groups in total. The minimum atomic E-state index is 0.170. The summed E-state index contributed by atoms with van der Waals surface area (Å²) < 4.78 is 1.99. The van der Waals surface area contributed by atoms with E-state index in [2.05, 4.69) is 9.88 Å². The van der Waals surface area contributed by atoms with Gasteiger partial charge in [-0.2, -0.15) is 0 Å². The van der Waals surface area contributed by atoms with Gasteiger partial charge >= 0.3 is 0 Å². The van der Waals surface area contributed by atoms with Gasteiger partial charge in [-0.05, 0) is 17.7 Å². The second-order valence-corrected chi connectivity index (χ2v) is 6.08. The summed E-state index contributed by atoms with van der Waals surface area (Å²) in [5, 5.41) is 0.719. The highest BCUT2D eigenvalue weighted by molar-refractivity contribution is 6.30. The average Bonchev–Trinajstić information content (AvgIpc) is 2.89. The van der Waals surface area contributed by atoms with Gasteiger partial charge in [0.05, 0.1) is 18.6 Å². The van der Waals surface area contributed by atoms with Gasteiger partial charge in [-0.1, -0.05) is 23.7 Å². The van der Waals surface area contributed by atoms with E-state index in [4.69, 9.17) is 11.6 Å². The molecule has 1 aliphatic rings. The third kappa shape index (κ3) is 3.48. The Hall–Kier alpha value is -1.85. The SMILES string of the molecule is Cn1cncc1CN1CCN(Cc2ccc(Cl)cc2)C(=O)C1. The summed E-state index contributed by atoms with van der Waals surface area (Å²) in [7, 11) is 1.97. The van der Waals surface area contributed by atoms with Crippen LogP contribution in [0.2, 0.25) is 5.02 Å².